The van der Waals surface area contributed by atoms with Crippen molar-refractivity contribution in [3.8, 4) is 11.6 Å². The fourth-order valence-electron chi connectivity index (χ4n) is 2.70. The summed E-state index contributed by atoms with van der Waals surface area (Å²) < 4.78 is 7.01. The number of hydrogen-bond donors (Lipinski definition) is 1. The minimum Gasteiger partial charge on any atom is -0.478 e. The van der Waals surface area contributed by atoms with Crippen molar-refractivity contribution < 1.29 is 4.74 Å². The number of ether oxygens (including phenoxy) is 1. The predicted octanol–water partition coefficient (Wildman–Crippen LogP) is 3.04. The number of hydrazone groups is 1. The zero-order chi connectivity index (χ0) is 16.9. The highest BCUT2D eigenvalue weighted by molar-refractivity contribution is 6.30. The fraction of sp³-hybridized carbons (Fsp3) is 0.412. The number of nitrogens with one attached hydrogen (secondary N) is 1. The van der Waals surface area contributed by atoms with Gasteiger partial charge in [0.25, 0.3) is 5.56 Å². The Balaban J connectivity index is 1.93. The lowest BCUT2D eigenvalue weighted by molar-refractivity contribution is 0.240. The number of aromatic amines is 1. The van der Waals surface area contributed by atoms with Gasteiger partial charge in [-0.1, -0.05) is 11.6 Å². The topological polar surface area (TPSA) is 62.6 Å². The van der Waals surface area contributed by atoms with Crippen LogP contribution in [0.2, 0.25) is 5.02 Å². The smallest absolute Gasteiger partial charge is 0.284 e. The summed E-state index contributed by atoms with van der Waals surface area (Å²) in [6, 6.07) is 7.04. The Bertz CT molecular complexity index is 758. The molecule has 0 amide bonds. The Labute approximate surface area is 145 Å². The van der Waals surface area contributed by atoms with Gasteiger partial charge in [0.15, 0.2) is 0 Å². The minimum atomic E-state index is -0.193. The number of aromatic nitrogens is 2. The van der Waals surface area contributed by atoms with E-state index in [1.54, 1.807) is 30.5 Å². The van der Waals surface area contributed by atoms with Crippen LogP contribution in [0.4, 0.5) is 0 Å². The van der Waals surface area contributed by atoms with Gasteiger partial charge in [-0.3, -0.25) is 14.9 Å². The van der Waals surface area contributed by atoms with Crippen molar-refractivity contribution in [3.63, 3.8) is 0 Å². The third-order valence-electron chi connectivity index (χ3n) is 3.95. The van der Waals surface area contributed by atoms with Crippen LogP contribution in [0.15, 0.2) is 34.2 Å². The number of halogens is 1. The molecule has 1 aromatic heterocycles. The molecule has 6 nitrogen and oxygen atoms in total. The summed E-state index contributed by atoms with van der Waals surface area (Å²) in [5.74, 6) is 0.429. The average Bonchev–Trinajstić information content (AvgIpc) is 2.91. The monoisotopic (exact) mass is 348 g/mol. The van der Waals surface area contributed by atoms with Crippen molar-refractivity contribution in [1.82, 2.24) is 14.8 Å². The minimum absolute atomic E-state index is 0.193. The van der Waals surface area contributed by atoms with Crippen LogP contribution in [-0.2, 0) is 0 Å². The number of H-pyrrole nitrogens is 1. The number of rotatable bonds is 5. The highest BCUT2D eigenvalue weighted by Crippen LogP contribution is 2.16. The van der Waals surface area contributed by atoms with Gasteiger partial charge in [0.2, 0.25) is 5.88 Å². The molecule has 0 bridgehead atoms. The van der Waals surface area contributed by atoms with Crippen molar-refractivity contribution in [2.24, 2.45) is 5.10 Å². The third-order valence-corrected chi connectivity index (χ3v) is 4.20. The van der Waals surface area contributed by atoms with E-state index in [0.717, 1.165) is 25.9 Å². The Morgan fingerprint density at radius 2 is 1.96 bits per heavy atom. The standard InChI is InChI=1S/C17H21ClN4O2/c1-2-24-16-15(12-19-21-10-4-3-5-11-21)17(23)22(20-16)14-8-6-13(18)7-9-14/h6-9,12,20H,2-5,10-11H2,1H3/b19-12+. The molecule has 1 aliphatic heterocycles. The second-order valence-electron chi connectivity index (χ2n) is 5.66. The molecule has 7 heteroatoms. The summed E-state index contributed by atoms with van der Waals surface area (Å²) in [6.45, 7) is 4.20. The average molecular weight is 349 g/mol. The van der Waals surface area contributed by atoms with Gasteiger partial charge >= 0.3 is 0 Å². The summed E-state index contributed by atoms with van der Waals surface area (Å²) in [5.41, 5.74) is 0.932. The number of piperidine rings is 1. The van der Waals surface area contributed by atoms with Crippen molar-refractivity contribution in [2.45, 2.75) is 26.2 Å². The van der Waals surface area contributed by atoms with Gasteiger partial charge in [0, 0.05) is 18.1 Å². The lowest BCUT2D eigenvalue weighted by Gasteiger charge is -2.23. The molecule has 2 heterocycles. The molecule has 2 aromatic rings. The molecule has 1 saturated heterocycles. The van der Waals surface area contributed by atoms with Gasteiger partial charge in [-0.2, -0.15) is 5.10 Å². The molecule has 1 aromatic carbocycles. The molecule has 128 valence electrons. The second kappa shape index (κ2) is 7.57. The lowest BCUT2D eigenvalue weighted by atomic mass is 10.2. The first kappa shape index (κ1) is 16.6. The first-order chi connectivity index (χ1) is 11.7. The van der Waals surface area contributed by atoms with Gasteiger partial charge < -0.3 is 4.74 Å². The van der Waals surface area contributed by atoms with E-state index in [4.69, 9.17) is 16.3 Å². The van der Waals surface area contributed by atoms with Crippen LogP contribution in [0.5, 0.6) is 5.88 Å². The summed E-state index contributed by atoms with van der Waals surface area (Å²) in [4.78, 5) is 12.7. The molecule has 0 radical (unpaired) electrons. The Hall–Kier alpha value is -2.21. The molecule has 3 rings (SSSR count). The van der Waals surface area contributed by atoms with Crippen LogP contribution < -0.4 is 10.3 Å². The number of hydrogen-bond acceptors (Lipinski definition) is 4. The van der Waals surface area contributed by atoms with Gasteiger partial charge in [-0.05, 0) is 50.5 Å². The highest BCUT2D eigenvalue weighted by atomic mass is 35.5. The maximum absolute atomic E-state index is 12.7. The molecule has 0 aliphatic carbocycles. The van der Waals surface area contributed by atoms with E-state index >= 15 is 0 Å². The van der Waals surface area contributed by atoms with Crippen LogP contribution in [0.3, 0.4) is 0 Å². The first-order valence-corrected chi connectivity index (χ1v) is 8.59. The van der Waals surface area contributed by atoms with Crippen LogP contribution in [0, 0.1) is 0 Å². The van der Waals surface area contributed by atoms with Gasteiger partial charge in [0.05, 0.1) is 18.5 Å². The molecular weight excluding hydrogens is 328 g/mol. The molecule has 1 aliphatic rings. The molecule has 1 N–H and O–H groups in total. The molecule has 1 fully saturated rings. The Morgan fingerprint density at radius 3 is 2.62 bits per heavy atom. The lowest BCUT2D eigenvalue weighted by Crippen LogP contribution is -2.25. The first-order valence-electron chi connectivity index (χ1n) is 8.21. The fourth-order valence-corrected chi connectivity index (χ4v) is 2.83. The van der Waals surface area contributed by atoms with Crippen LogP contribution in [0.25, 0.3) is 5.69 Å². The number of benzene rings is 1. The Kier molecular flexibility index (Phi) is 5.25. The van der Waals surface area contributed by atoms with E-state index in [0.29, 0.717) is 28.8 Å². The van der Waals surface area contributed by atoms with Crippen molar-refractivity contribution in [3.05, 3.63) is 45.2 Å². The summed E-state index contributed by atoms with van der Waals surface area (Å²) in [6.07, 6.45) is 5.11. The summed E-state index contributed by atoms with van der Waals surface area (Å²) >= 11 is 5.91. The maximum Gasteiger partial charge on any atom is 0.284 e. The molecule has 24 heavy (non-hydrogen) atoms. The van der Waals surface area contributed by atoms with E-state index in [-0.39, 0.29) is 5.56 Å². The van der Waals surface area contributed by atoms with Crippen LogP contribution in [-0.4, -0.2) is 40.7 Å². The molecule has 0 unspecified atom stereocenters. The van der Waals surface area contributed by atoms with E-state index in [1.807, 2.05) is 11.9 Å². The molecular formula is C17H21ClN4O2. The van der Waals surface area contributed by atoms with E-state index in [9.17, 15) is 4.79 Å². The zero-order valence-corrected chi connectivity index (χ0v) is 14.4. The van der Waals surface area contributed by atoms with E-state index in [1.165, 1.54) is 11.1 Å². The normalized spacial score (nSPS) is 15.2. The molecule has 0 saturated carbocycles. The van der Waals surface area contributed by atoms with Crippen molar-refractivity contribution >= 4 is 17.8 Å². The van der Waals surface area contributed by atoms with E-state index < -0.39 is 0 Å². The van der Waals surface area contributed by atoms with Gasteiger partial charge in [-0.15, -0.1) is 0 Å². The quantitative estimate of drug-likeness (QED) is 0.845. The second-order valence-corrected chi connectivity index (χ2v) is 6.10. The molecule has 0 atom stereocenters. The molecule has 0 spiro atoms. The zero-order valence-electron chi connectivity index (χ0n) is 13.7. The van der Waals surface area contributed by atoms with Crippen molar-refractivity contribution in [1.29, 1.82) is 0 Å². The summed E-state index contributed by atoms with van der Waals surface area (Å²) in [7, 11) is 0. The number of nitrogens with zero attached hydrogens (tertiary/aromatic N) is 3. The van der Waals surface area contributed by atoms with Crippen molar-refractivity contribution in [2.75, 3.05) is 19.7 Å². The van der Waals surface area contributed by atoms with Crippen LogP contribution in [0.1, 0.15) is 31.7 Å². The predicted molar refractivity (Wildman–Crippen MR) is 95.6 cm³/mol. The summed E-state index contributed by atoms with van der Waals surface area (Å²) in [5, 5.41) is 10.1. The largest absolute Gasteiger partial charge is 0.478 e. The highest BCUT2D eigenvalue weighted by Gasteiger charge is 2.16. The maximum atomic E-state index is 12.7. The van der Waals surface area contributed by atoms with Crippen LogP contribution >= 0.6 is 11.6 Å². The SMILES string of the molecule is CCOc1[nH]n(-c2ccc(Cl)cc2)c(=O)c1/C=N/N1CCCCC1. The van der Waals surface area contributed by atoms with E-state index in [2.05, 4.69) is 10.2 Å². The Morgan fingerprint density at radius 1 is 1.25 bits per heavy atom. The van der Waals surface area contributed by atoms with Gasteiger partial charge in [0.1, 0.15) is 5.56 Å². The third kappa shape index (κ3) is 3.64. The van der Waals surface area contributed by atoms with Gasteiger partial charge in [-0.25, -0.2) is 4.68 Å².